The molecule has 0 atom stereocenters. The van der Waals surface area contributed by atoms with Crippen LogP contribution in [0.2, 0.25) is 0 Å². The molecular formula is C8H5F3N4O7. The molecular weight excluding hydrogens is 321 g/mol. The number of hydroxylamine groups is 1. The van der Waals surface area contributed by atoms with Gasteiger partial charge in [-0.1, -0.05) is 0 Å². The van der Waals surface area contributed by atoms with Crippen LogP contribution < -0.4 is 10.3 Å². The van der Waals surface area contributed by atoms with Crippen molar-refractivity contribution in [2.24, 2.45) is 0 Å². The average molecular weight is 326 g/mol. The molecule has 22 heavy (non-hydrogen) atoms. The van der Waals surface area contributed by atoms with Gasteiger partial charge < -0.3 is 4.84 Å². The highest BCUT2D eigenvalue weighted by Gasteiger charge is 2.34. The molecule has 0 aliphatic heterocycles. The summed E-state index contributed by atoms with van der Waals surface area (Å²) in [6.45, 7) is -1.75. The molecule has 0 radical (unpaired) electrons. The summed E-state index contributed by atoms with van der Waals surface area (Å²) in [6.07, 6.45) is -4.75. The van der Waals surface area contributed by atoms with Crippen molar-refractivity contribution in [3.8, 4) is 5.75 Å². The number of alkyl halides is 3. The monoisotopic (exact) mass is 326 g/mol. The molecule has 1 rings (SSSR count). The second kappa shape index (κ2) is 6.17. The third-order valence-electron chi connectivity index (χ3n) is 2.09. The van der Waals surface area contributed by atoms with Crippen LogP contribution in [0.1, 0.15) is 0 Å². The maximum absolute atomic E-state index is 11.9. The lowest BCUT2D eigenvalue weighted by atomic mass is 10.2. The van der Waals surface area contributed by atoms with Gasteiger partial charge in [0.05, 0.1) is 26.9 Å². The third-order valence-corrected chi connectivity index (χ3v) is 2.09. The largest absolute Gasteiger partial charge is 0.404 e. The zero-order valence-corrected chi connectivity index (χ0v) is 10.2. The van der Waals surface area contributed by atoms with Crippen LogP contribution in [0, 0.1) is 30.3 Å². The molecule has 1 aromatic rings. The van der Waals surface area contributed by atoms with E-state index in [-0.39, 0.29) is 0 Å². The lowest BCUT2D eigenvalue weighted by Crippen LogP contribution is -2.31. The highest BCUT2D eigenvalue weighted by Crippen LogP contribution is 2.40. The summed E-state index contributed by atoms with van der Waals surface area (Å²) in [5.74, 6) is -1.18. The minimum atomic E-state index is -4.75. The number of nitro groups is 3. The van der Waals surface area contributed by atoms with Crippen LogP contribution in [0.15, 0.2) is 12.1 Å². The zero-order chi connectivity index (χ0) is 17.1. The standard InChI is InChI=1S/C8H5F3N4O7/c9-8(10,11)3-12-22-7-5(14(18)19)1-4(13(16)17)2-6(7)15(20)21/h1-2,12H,3H2. The Bertz CT molecular complexity index is 598. The van der Waals surface area contributed by atoms with Gasteiger partial charge >= 0.3 is 23.3 Å². The molecule has 0 saturated carbocycles. The Morgan fingerprint density at radius 3 is 1.77 bits per heavy atom. The van der Waals surface area contributed by atoms with E-state index in [1.165, 1.54) is 5.48 Å². The Morgan fingerprint density at radius 2 is 1.45 bits per heavy atom. The topological polar surface area (TPSA) is 151 Å². The van der Waals surface area contributed by atoms with Gasteiger partial charge in [0.15, 0.2) is 0 Å². The van der Waals surface area contributed by atoms with Gasteiger partial charge in [0.1, 0.15) is 6.54 Å². The minimum absolute atomic E-state index is 0.331. The molecule has 0 aliphatic rings. The fraction of sp³-hybridized carbons (Fsp3) is 0.250. The Balaban J connectivity index is 3.30. The normalized spacial score (nSPS) is 11.0. The number of hydrogen-bond donors (Lipinski definition) is 1. The molecule has 1 aromatic carbocycles. The van der Waals surface area contributed by atoms with Crippen LogP contribution in [-0.2, 0) is 0 Å². The molecule has 14 heteroatoms. The van der Waals surface area contributed by atoms with Gasteiger partial charge in [-0.15, -0.1) is 5.48 Å². The molecule has 0 unspecified atom stereocenters. The third kappa shape index (κ3) is 4.23. The van der Waals surface area contributed by atoms with Crippen LogP contribution in [-0.4, -0.2) is 27.5 Å². The van der Waals surface area contributed by atoms with E-state index in [2.05, 4.69) is 4.84 Å². The molecule has 0 amide bonds. The molecule has 1 N–H and O–H groups in total. The van der Waals surface area contributed by atoms with E-state index in [1.807, 2.05) is 0 Å². The first kappa shape index (κ1) is 17.0. The number of nitrogens with one attached hydrogen (secondary N) is 1. The average Bonchev–Trinajstić information content (AvgIpc) is 2.36. The summed E-state index contributed by atoms with van der Waals surface area (Å²) in [6, 6.07) is 0.662. The number of benzene rings is 1. The molecule has 0 saturated heterocycles. The summed E-state index contributed by atoms with van der Waals surface area (Å²) in [5, 5.41) is 32.1. The van der Waals surface area contributed by atoms with Crippen molar-refractivity contribution in [3.05, 3.63) is 42.5 Å². The maximum atomic E-state index is 11.9. The zero-order valence-electron chi connectivity index (χ0n) is 10.2. The number of hydrogen-bond acceptors (Lipinski definition) is 8. The first-order chi connectivity index (χ1) is 10.0. The first-order valence-electron chi connectivity index (χ1n) is 5.10. The highest BCUT2D eigenvalue weighted by molar-refractivity contribution is 5.65. The summed E-state index contributed by atoms with van der Waals surface area (Å²) >= 11 is 0. The summed E-state index contributed by atoms with van der Waals surface area (Å²) in [7, 11) is 0. The van der Waals surface area contributed by atoms with E-state index >= 15 is 0 Å². The summed E-state index contributed by atoms with van der Waals surface area (Å²) in [5.41, 5.74) is -2.16. The lowest BCUT2D eigenvalue weighted by molar-refractivity contribution is -0.404. The van der Waals surface area contributed by atoms with E-state index < -0.39 is 50.3 Å². The molecule has 0 heterocycles. The van der Waals surface area contributed by atoms with Crippen molar-refractivity contribution in [1.82, 2.24) is 5.48 Å². The van der Waals surface area contributed by atoms with Gasteiger partial charge in [0.25, 0.3) is 5.69 Å². The molecule has 0 aliphatic carbocycles. The smallest absolute Gasteiger partial charge is 0.394 e. The van der Waals surface area contributed by atoms with Crippen molar-refractivity contribution in [2.75, 3.05) is 6.54 Å². The van der Waals surface area contributed by atoms with Crippen LogP contribution in [0.4, 0.5) is 30.2 Å². The van der Waals surface area contributed by atoms with Crippen LogP contribution in [0.25, 0.3) is 0 Å². The van der Waals surface area contributed by atoms with Gasteiger partial charge in [-0.3, -0.25) is 30.3 Å². The number of halogens is 3. The lowest BCUT2D eigenvalue weighted by Gasteiger charge is -2.09. The Kier molecular flexibility index (Phi) is 4.77. The van der Waals surface area contributed by atoms with E-state index in [0.717, 1.165) is 0 Å². The first-order valence-corrected chi connectivity index (χ1v) is 5.10. The summed E-state index contributed by atoms with van der Waals surface area (Å²) in [4.78, 5) is 32.7. The number of nitrogens with zero attached hydrogens (tertiary/aromatic N) is 3. The van der Waals surface area contributed by atoms with Gasteiger partial charge in [-0.05, 0) is 0 Å². The van der Waals surface area contributed by atoms with Crippen molar-refractivity contribution < 1.29 is 32.8 Å². The van der Waals surface area contributed by atoms with E-state index in [0.29, 0.717) is 12.1 Å². The van der Waals surface area contributed by atoms with E-state index in [1.54, 1.807) is 0 Å². The Labute approximate surface area is 117 Å². The molecule has 0 fully saturated rings. The Morgan fingerprint density at radius 1 is 1.00 bits per heavy atom. The molecule has 0 spiro atoms. The molecule has 11 nitrogen and oxygen atoms in total. The second-order valence-electron chi connectivity index (χ2n) is 3.62. The highest BCUT2D eigenvalue weighted by atomic mass is 19.4. The SMILES string of the molecule is O=[N+]([O-])c1cc([N+](=O)[O-])c(ONCC(F)(F)F)c([N+](=O)[O-])c1. The van der Waals surface area contributed by atoms with Crippen molar-refractivity contribution in [3.63, 3.8) is 0 Å². The molecule has 0 aromatic heterocycles. The molecule has 120 valence electrons. The van der Waals surface area contributed by atoms with Crippen molar-refractivity contribution in [1.29, 1.82) is 0 Å². The quantitative estimate of drug-likeness (QED) is 0.614. The van der Waals surface area contributed by atoms with Crippen LogP contribution >= 0.6 is 0 Å². The van der Waals surface area contributed by atoms with Crippen molar-refractivity contribution >= 4 is 17.1 Å². The number of rotatable bonds is 6. The van der Waals surface area contributed by atoms with Gasteiger partial charge in [0, 0.05) is 0 Å². The second-order valence-corrected chi connectivity index (χ2v) is 3.62. The van der Waals surface area contributed by atoms with Gasteiger partial charge in [0.2, 0.25) is 0 Å². The number of non-ortho nitro benzene ring substituents is 1. The minimum Gasteiger partial charge on any atom is -0.394 e. The fourth-order valence-electron chi connectivity index (χ4n) is 1.26. The van der Waals surface area contributed by atoms with Gasteiger partial charge in [-0.2, -0.15) is 13.2 Å². The number of nitro benzene ring substituents is 3. The van der Waals surface area contributed by atoms with Crippen molar-refractivity contribution in [2.45, 2.75) is 6.18 Å². The van der Waals surface area contributed by atoms with E-state index in [4.69, 9.17) is 0 Å². The Hall–Kier alpha value is -3.03. The predicted molar refractivity (Wildman–Crippen MR) is 61.1 cm³/mol. The van der Waals surface area contributed by atoms with Crippen LogP contribution in [0.5, 0.6) is 5.75 Å². The predicted octanol–water partition coefficient (Wildman–Crippen LogP) is 1.86. The maximum Gasteiger partial charge on any atom is 0.404 e. The summed E-state index contributed by atoms with van der Waals surface area (Å²) < 4.78 is 35.8. The molecule has 0 bridgehead atoms. The van der Waals surface area contributed by atoms with Gasteiger partial charge in [-0.25, -0.2) is 0 Å². The fourth-order valence-corrected chi connectivity index (χ4v) is 1.26. The van der Waals surface area contributed by atoms with Crippen LogP contribution in [0.3, 0.4) is 0 Å². The van der Waals surface area contributed by atoms with E-state index in [9.17, 15) is 43.5 Å².